The van der Waals surface area contributed by atoms with E-state index in [-0.39, 0.29) is 5.91 Å². The molecule has 0 saturated heterocycles. The van der Waals surface area contributed by atoms with E-state index in [2.05, 4.69) is 23.0 Å². The minimum atomic E-state index is -0.388. The number of hydrogen-bond donors (Lipinski definition) is 0. The SMILES string of the molecule is C#CCn1c(=NC(=O)c2ccc(OC)cc2OC)sc2c(C)cc(C)cc21. The molecule has 0 aliphatic heterocycles. The first kappa shape index (κ1) is 18.7. The molecule has 0 fully saturated rings. The van der Waals surface area contributed by atoms with Crippen LogP contribution in [-0.4, -0.2) is 24.7 Å². The lowest BCUT2D eigenvalue weighted by molar-refractivity contribution is 0.0995. The Morgan fingerprint density at radius 1 is 1.22 bits per heavy atom. The van der Waals surface area contributed by atoms with Crippen molar-refractivity contribution in [3.63, 3.8) is 0 Å². The van der Waals surface area contributed by atoms with Crippen LogP contribution in [0.1, 0.15) is 21.5 Å². The van der Waals surface area contributed by atoms with Crippen molar-refractivity contribution in [3.05, 3.63) is 51.8 Å². The minimum Gasteiger partial charge on any atom is -0.497 e. The van der Waals surface area contributed by atoms with Gasteiger partial charge in [-0.1, -0.05) is 23.3 Å². The molecule has 6 heteroatoms. The Kier molecular flexibility index (Phi) is 5.33. The van der Waals surface area contributed by atoms with E-state index in [4.69, 9.17) is 15.9 Å². The van der Waals surface area contributed by atoms with Gasteiger partial charge in [0.25, 0.3) is 5.91 Å². The van der Waals surface area contributed by atoms with Crippen LogP contribution in [0.2, 0.25) is 0 Å². The molecule has 0 bridgehead atoms. The molecular formula is C21H20N2O3S. The molecular weight excluding hydrogens is 360 g/mol. The van der Waals surface area contributed by atoms with Crippen molar-refractivity contribution in [2.75, 3.05) is 14.2 Å². The van der Waals surface area contributed by atoms with Crippen LogP contribution in [0, 0.1) is 26.2 Å². The normalized spacial score (nSPS) is 11.4. The summed E-state index contributed by atoms with van der Waals surface area (Å²) in [6, 6.07) is 9.19. The highest BCUT2D eigenvalue weighted by Crippen LogP contribution is 2.26. The van der Waals surface area contributed by atoms with E-state index in [1.54, 1.807) is 25.3 Å². The molecule has 0 atom stereocenters. The van der Waals surface area contributed by atoms with Gasteiger partial charge in [0.2, 0.25) is 0 Å². The van der Waals surface area contributed by atoms with Crippen molar-refractivity contribution in [2.24, 2.45) is 4.99 Å². The fraction of sp³-hybridized carbons (Fsp3) is 0.238. The lowest BCUT2D eigenvalue weighted by atomic mass is 10.1. The zero-order valence-electron chi connectivity index (χ0n) is 15.7. The lowest BCUT2D eigenvalue weighted by Gasteiger charge is -2.07. The average Bonchev–Trinajstić information content (AvgIpc) is 2.99. The van der Waals surface area contributed by atoms with Crippen LogP contribution in [0.3, 0.4) is 0 Å². The molecule has 1 heterocycles. The minimum absolute atomic E-state index is 0.342. The number of amides is 1. The van der Waals surface area contributed by atoms with Crippen LogP contribution in [0.5, 0.6) is 11.5 Å². The average molecular weight is 380 g/mol. The van der Waals surface area contributed by atoms with Gasteiger partial charge in [-0.25, -0.2) is 0 Å². The quantitative estimate of drug-likeness (QED) is 0.649. The summed E-state index contributed by atoms with van der Waals surface area (Å²) in [6.45, 7) is 4.42. The summed E-state index contributed by atoms with van der Waals surface area (Å²) in [5, 5.41) is 0. The number of fused-ring (bicyclic) bond motifs is 1. The van der Waals surface area contributed by atoms with E-state index in [1.807, 2.05) is 18.4 Å². The Bertz CT molecular complexity index is 1130. The molecule has 138 valence electrons. The summed E-state index contributed by atoms with van der Waals surface area (Å²) >= 11 is 1.46. The maximum absolute atomic E-state index is 12.8. The van der Waals surface area contributed by atoms with Crippen molar-refractivity contribution in [3.8, 4) is 23.8 Å². The Morgan fingerprint density at radius 3 is 2.67 bits per heavy atom. The maximum Gasteiger partial charge on any atom is 0.283 e. The number of rotatable bonds is 4. The van der Waals surface area contributed by atoms with Crippen molar-refractivity contribution in [1.82, 2.24) is 4.57 Å². The number of thiazole rings is 1. The smallest absolute Gasteiger partial charge is 0.283 e. The molecule has 5 nitrogen and oxygen atoms in total. The summed E-state index contributed by atoms with van der Waals surface area (Å²) in [5.41, 5.74) is 3.63. The molecule has 0 N–H and O–H groups in total. The first-order chi connectivity index (χ1) is 13.0. The predicted molar refractivity (Wildman–Crippen MR) is 108 cm³/mol. The van der Waals surface area contributed by atoms with Gasteiger partial charge in [-0.05, 0) is 43.2 Å². The monoisotopic (exact) mass is 380 g/mol. The third kappa shape index (κ3) is 3.60. The summed E-state index contributed by atoms with van der Waals surface area (Å²) in [6.07, 6.45) is 5.55. The number of aryl methyl sites for hydroxylation is 2. The molecule has 3 rings (SSSR count). The number of ether oxygens (including phenoxy) is 2. The van der Waals surface area contributed by atoms with E-state index in [1.165, 1.54) is 18.4 Å². The third-order valence-electron chi connectivity index (χ3n) is 4.20. The first-order valence-corrected chi connectivity index (χ1v) is 9.15. The first-order valence-electron chi connectivity index (χ1n) is 8.33. The molecule has 2 aromatic carbocycles. The standard InChI is InChI=1S/C21H20N2O3S/c1-6-9-23-17-11-13(2)10-14(3)19(17)27-21(23)22-20(24)16-8-7-15(25-4)12-18(16)26-5/h1,7-8,10-12H,9H2,2-5H3. The number of terminal acetylenes is 1. The zero-order chi connectivity index (χ0) is 19.6. The van der Waals surface area contributed by atoms with Crippen LogP contribution in [0.15, 0.2) is 35.3 Å². The van der Waals surface area contributed by atoms with Crippen LogP contribution >= 0.6 is 11.3 Å². The largest absolute Gasteiger partial charge is 0.497 e. The van der Waals surface area contributed by atoms with Crippen molar-refractivity contribution in [1.29, 1.82) is 0 Å². The summed E-state index contributed by atoms with van der Waals surface area (Å²) < 4.78 is 13.5. The van der Waals surface area contributed by atoms with Crippen LogP contribution in [0.4, 0.5) is 0 Å². The van der Waals surface area contributed by atoms with Gasteiger partial charge in [0, 0.05) is 6.07 Å². The van der Waals surface area contributed by atoms with Gasteiger partial charge in [-0.2, -0.15) is 4.99 Å². The Balaban J connectivity index is 2.18. The van der Waals surface area contributed by atoms with E-state index in [0.717, 1.165) is 21.3 Å². The molecule has 0 radical (unpaired) electrons. The summed E-state index contributed by atoms with van der Waals surface area (Å²) in [5.74, 6) is 3.29. The van der Waals surface area contributed by atoms with Crippen molar-refractivity contribution >= 4 is 27.5 Å². The van der Waals surface area contributed by atoms with Crippen LogP contribution < -0.4 is 14.3 Å². The van der Waals surface area contributed by atoms with E-state index >= 15 is 0 Å². The number of aromatic nitrogens is 1. The predicted octanol–water partition coefficient (Wildman–Crippen LogP) is 3.71. The molecule has 1 aromatic heterocycles. The maximum atomic E-state index is 12.8. The molecule has 0 aliphatic rings. The zero-order valence-corrected chi connectivity index (χ0v) is 16.5. The fourth-order valence-corrected chi connectivity index (χ4v) is 4.04. The summed E-state index contributed by atoms with van der Waals surface area (Å²) in [7, 11) is 3.07. The number of carbonyl (C=O) groups excluding carboxylic acids is 1. The molecule has 0 spiro atoms. The number of methoxy groups -OCH3 is 2. The molecule has 0 saturated carbocycles. The number of nitrogens with zero attached hydrogens (tertiary/aromatic N) is 2. The highest BCUT2D eigenvalue weighted by molar-refractivity contribution is 7.16. The summed E-state index contributed by atoms with van der Waals surface area (Å²) in [4.78, 5) is 17.7. The second-order valence-electron chi connectivity index (χ2n) is 6.09. The highest BCUT2D eigenvalue weighted by atomic mass is 32.1. The third-order valence-corrected chi connectivity index (χ3v) is 5.43. The van der Waals surface area contributed by atoms with Gasteiger partial charge >= 0.3 is 0 Å². The fourth-order valence-electron chi connectivity index (χ4n) is 2.96. The number of benzene rings is 2. The Morgan fingerprint density at radius 2 is 2.00 bits per heavy atom. The molecule has 0 unspecified atom stereocenters. The second-order valence-corrected chi connectivity index (χ2v) is 7.07. The Labute approximate surface area is 161 Å². The highest BCUT2D eigenvalue weighted by Gasteiger charge is 2.15. The topological polar surface area (TPSA) is 52.8 Å². The number of hydrogen-bond acceptors (Lipinski definition) is 4. The molecule has 27 heavy (non-hydrogen) atoms. The molecule has 3 aromatic rings. The van der Waals surface area contributed by atoms with Crippen molar-refractivity contribution in [2.45, 2.75) is 20.4 Å². The molecule has 1 amide bonds. The van der Waals surface area contributed by atoms with Crippen molar-refractivity contribution < 1.29 is 14.3 Å². The van der Waals surface area contributed by atoms with Gasteiger partial charge in [0.15, 0.2) is 4.80 Å². The van der Waals surface area contributed by atoms with Crippen LogP contribution in [0.25, 0.3) is 10.2 Å². The van der Waals surface area contributed by atoms with E-state index < -0.39 is 0 Å². The van der Waals surface area contributed by atoms with Gasteiger partial charge < -0.3 is 14.0 Å². The van der Waals surface area contributed by atoms with Crippen LogP contribution in [-0.2, 0) is 6.54 Å². The van der Waals surface area contributed by atoms with E-state index in [9.17, 15) is 4.79 Å². The van der Waals surface area contributed by atoms with Gasteiger partial charge in [-0.15, -0.1) is 6.42 Å². The van der Waals surface area contributed by atoms with E-state index in [0.29, 0.717) is 28.4 Å². The lowest BCUT2D eigenvalue weighted by Crippen LogP contribution is -2.16. The molecule has 0 aliphatic carbocycles. The number of carbonyl (C=O) groups is 1. The van der Waals surface area contributed by atoms with Gasteiger partial charge in [-0.3, -0.25) is 4.79 Å². The van der Waals surface area contributed by atoms with Gasteiger partial charge in [0.05, 0.1) is 36.5 Å². The Hall–Kier alpha value is -3.04. The second kappa shape index (κ2) is 7.68. The van der Waals surface area contributed by atoms with Gasteiger partial charge in [0.1, 0.15) is 11.5 Å².